The van der Waals surface area contributed by atoms with Gasteiger partial charge in [0.1, 0.15) is 0 Å². The Morgan fingerprint density at radius 3 is 2.64 bits per heavy atom. The van der Waals surface area contributed by atoms with E-state index in [2.05, 4.69) is 20.1 Å². The third-order valence-corrected chi connectivity index (χ3v) is 1.90. The van der Waals surface area contributed by atoms with Crippen molar-refractivity contribution in [2.24, 2.45) is 11.7 Å². The monoisotopic (exact) mass is 153 g/mol. The minimum atomic E-state index is 0.594. The second-order valence-corrected chi connectivity index (χ2v) is 3.00. The summed E-state index contributed by atoms with van der Waals surface area (Å²) in [4.78, 5) is 0. The SMILES string of the molecule is C=CCC(CCCN)C(=C)C. The Labute approximate surface area is 70.0 Å². The zero-order chi connectivity index (χ0) is 8.69. The maximum atomic E-state index is 5.42. The van der Waals surface area contributed by atoms with E-state index in [1.54, 1.807) is 0 Å². The molecule has 0 rings (SSSR count). The standard InChI is InChI=1S/C10H19N/c1-4-6-10(9(2)3)7-5-8-11/h4,10H,1-2,5-8,11H2,3H3. The highest BCUT2D eigenvalue weighted by molar-refractivity contribution is 4.98. The molecule has 0 aromatic heterocycles. The van der Waals surface area contributed by atoms with Gasteiger partial charge in [-0.25, -0.2) is 0 Å². The first-order valence-corrected chi connectivity index (χ1v) is 4.18. The Kier molecular flexibility index (Phi) is 5.86. The zero-order valence-corrected chi connectivity index (χ0v) is 7.47. The summed E-state index contributed by atoms with van der Waals surface area (Å²) in [6.07, 6.45) is 5.23. The fourth-order valence-corrected chi connectivity index (χ4v) is 1.13. The minimum Gasteiger partial charge on any atom is -0.330 e. The molecule has 0 radical (unpaired) electrons. The lowest BCUT2D eigenvalue weighted by Gasteiger charge is -2.13. The molecular formula is C10H19N. The summed E-state index contributed by atoms with van der Waals surface area (Å²) in [7, 11) is 0. The Morgan fingerprint density at radius 2 is 2.27 bits per heavy atom. The molecule has 0 aromatic rings. The molecule has 0 bridgehead atoms. The van der Waals surface area contributed by atoms with E-state index in [9.17, 15) is 0 Å². The predicted octanol–water partition coefficient (Wildman–Crippen LogP) is 2.49. The van der Waals surface area contributed by atoms with Crippen LogP contribution in [-0.2, 0) is 0 Å². The molecule has 0 saturated carbocycles. The van der Waals surface area contributed by atoms with Gasteiger partial charge in [-0.05, 0) is 38.6 Å². The lowest BCUT2D eigenvalue weighted by atomic mass is 9.93. The summed E-state index contributed by atoms with van der Waals surface area (Å²) in [5.41, 5.74) is 6.67. The average Bonchev–Trinajstić information content (AvgIpc) is 1.97. The molecule has 1 atom stereocenters. The fourth-order valence-electron chi connectivity index (χ4n) is 1.13. The van der Waals surface area contributed by atoms with Crippen LogP contribution in [0.25, 0.3) is 0 Å². The smallest absolute Gasteiger partial charge is 0.00771 e. The first kappa shape index (κ1) is 10.4. The highest BCUT2D eigenvalue weighted by Gasteiger charge is 2.05. The van der Waals surface area contributed by atoms with Crippen molar-refractivity contribution in [3.05, 3.63) is 24.8 Å². The summed E-state index contributed by atoms with van der Waals surface area (Å²) in [5.74, 6) is 0.594. The van der Waals surface area contributed by atoms with Crippen LogP contribution in [-0.4, -0.2) is 6.54 Å². The van der Waals surface area contributed by atoms with Crippen LogP contribution in [0, 0.1) is 5.92 Å². The third kappa shape index (κ3) is 4.79. The second-order valence-electron chi connectivity index (χ2n) is 3.00. The third-order valence-electron chi connectivity index (χ3n) is 1.90. The van der Waals surface area contributed by atoms with Crippen LogP contribution in [0.2, 0.25) is 0 Å². The molecule has 1 unspecified atom stereocenters. The highest BCUT2D eigenvalue weighted by Crippen LogP contribution is 2.18. The van der Waals surface area contributed by atoms with Crippen molar-refractivity contribution < 1.29 is 0 Å². The Bertz CT molecular complexity index is 127. The molecule has 1 heteroatoms. The van der Waals surface area contributed by atoms with E-state index in [0.29, 0.717) is 5.92 Å². The summed E-state index contributed by atoms with van der Waals surface area (Å²) >= 11 is 0. The highest BCUT2D eigenvalue weighted by atomic mass is 14.5. The van der Waals surface area contributed by atoms with E-state index in [0.717, 1.165) is 25.8 Å². The van der Waals surface area contributed by atoms with Gasteiger partial charge in [0.2, 0.25) is 0 Å². The quantitative estimate of drug-likeness (QED) is 0.583. The predicted molar refractivity (Wildman–Crippen MR) is 51.4 cm³/mol. The molecule has 0 fully saturated rings. The molecule has 0 amide bonds. The van der Waals surface area contributed by atoms with Crippen molar-refractivity contribution in [3.8, 4) is 0 Å². The van der Waals surface area contributed by atoms with Gasteiger partial charge in [-0.3, -0.25) is 0 Å². The molecule has 11 heavy (non-hydrogen) atoms. The number of hydrogen-bond donors (Lipinski definition) is 1. The van der Waals surface area contributed by atoms with Crippen molar-refractivity contribution in [2.45, 2.75) is 26.2 Å². The van der Waals surface area contributed by atoms with Crippen LogP contribution < -0.4 is 5.73 Å². The van der Waals surface area contributed by atoms with Gasteiger partial charge >= 0.3 is 0 Å². The van der Waals surface area contributed by atoms with Gasteiger partial charge in [0.05, 0.1) is 0 Å². The molecule has 0 aromatic carbocycles. The van der Waals surface area contributed by atoms with E-state index < -0.39 is 0 Å². The van der Waals surface area contributed by atoms with Gasteiger partial charge in [-0.2, -0.15) is 0 Å². The first-order chi connectivity index (χ1) is 5.22. The molecular weight excluding hydrogens is 134 g/mol. The van der Waals surface area contributed by atoms with Crippen LogP contribution in [0.15, 0.2) is 24.8 Å². The van der Waals surface area contributed by atoms with E-state index in [-0.39, 0.29) is 0 Å². The van der Waals surface area contributed by atoms with E-state index in [4.69, 9.17) is 5.73 Å². The molecule has 0 aliphatic rings. The van der Waals surface area contributed by atoms with Crippen molar-refractivity contribution in [3.63, 3.8) is 0 Å². The minimum absolute atomic E-state index is 0.594. The van der Waals surface area contributed by atoms with Gasteiger partial charge in [0, 0.05) is 0 Å². The van der Waals surface area contributed by atoms with Crippen LogP contribution in [0.5, 0.6) is 0 Å². The van der Waals surface area contributed by atoms with Gasteiger partial charge in [0.25, 0.3) is 0 Å². The molecule has 0 saturated heterocycles. The summed E-state index contributed by atoms with van der Waals surface area (Å²) in [5, 5.41) is 0. The van der Waals surface area contributed by atoms with Crippen molar-refractivity contribution >= 4 is 0 Å². The molecule has 64 valence electrons. The lowest BCUT2D eigenvalue weighted by Crippen LogP contribution is -2.05. The van der Waals surface area contributed by atoms with Crippen LogP contribution in [0.3, 0.4) is 0 Å². The summed E-state index contributed by atoms with van der Waals surface area (Å²) < 4.78 is 0. The first-order valence-electron chi connectivity index (χ1n) is 4.18. The van der Waals surface area contributed by atoms with E-state index >= 15 is 0 Å². The number of allylic oxidation sites excluding steroid dienone is 2. The number of nitrogens with two attached hydrogens (primary N) is 1. The van der Waals surface area contributed by atoms with Crippen molar-refractivity contribution in [1.82, 2.24) is 0 Å². The zero-order valence-electron chi connectivity index (χ0n) is 7.47. The fraction of sp³-hybridized carbons (Fsp3) is 0.600. The normalized spacial score (nSPS) is 12.5. The molecule has 0 aliphatic heterocycles. The Hall–Kier alpha value is -0.560. The summed E-state index contributed by atoms with van der Waals surface area (Å²) in [6, 6.07) is 0. The van der Waals surface area contributed by atoms with Gasteiger partial charge < -0.3 is 5.73 Å². The molecule has 0 aliphatic carbocycles. The van der Waals surface area contributed by atoms with Gasteiger partial charge in [-0.1, -0.05) is 18.2 Å². The number of rotatable bonds is 6. The van der Waals surface area contributed by atoms with Crippen molar-refractivity contribution in [2.75, 3.05) is 6.54 Å². The molecule has 2 N–H and O–H groups in total. The van der Waals surface area contributed by atoms with Gasteiger partial charge in [-0.15, -0.1) is 6.58 Å². The van der Waals surface area contributed by atoms with Gasteiger partial charge in [0.15, 0.2) is 0 Å². The van der Waals surface area contributed by atoms with Crippen LogP contribution in [0.1, 0.15) is 26.2 Å². The molecule has 0 heterocycles. The van der Waals surface area contributed by atoms with Crippen LogP contribution >= 0.6 is 0 Å². The maximum Gasteiger partial charge on any atom is -0.00771 e. The summed E-state index contributed by atoms with van der Waals surface area (Å²) in [6.45, 7) is 10.5. The van der Waals surface area contributed by atoms with E-state index in [1.807, 2.05) is 6.08 Å². The Balaban J connectivity index is 3.69. The maximum absolute atomic E-state index is 5.42. The Morgan fingerprint density at radius 1 is 1.64 bits per heavy atom. The molecule has 1 nitrogen and oxygen atoms in total. The molecule has 0 spiro atoms. The van der Waals surface area contributed by atoms with E-state index in [1.165, 1.54) is 5.57 Å². The lowest BCUT2D eigenvalue weighted by molar-refractivity contribution is 0.547. The second kappa shape index (κ2) is 6.17. The average molecular weight is 153 g/mol. The number of hydrogen-bond acceptors (Lipinski definition) is 1. The van der Waals surface area contributed by atoms with Crippen LogP contribution in [0.4, 0.5) is 0 Å². The van der Waals surface area contributed by atoms with Crippen molar-refractivity contribution in [1.29, 1.82) is 0 Å². The largest absolute Gasteiger partial charge is 0.330 e. The topological polar surface area (TPSA) is 26.0 Å².